The minimum Gasteiger partial charge on any atom is -0.443 e. The molecule has 28 heavy (non-hydrogen) atoms. The number of hydrogen-bond donors (Lipinski definition) is 1. The quantitative estimate of drug-likeness (QED) is 0.735. The van der Waals surface area contributed by atoms with Crippen LogP contribution in [0.5, 0.6) is 0 Å². The molecule has 4 heterocycles. The van der Waals surface area contributed by atoms with Gasteiger partial charge in [-0.1, -0.05) is 23.7 Å². The molecular weight excluding hydrogens is 378 g/mol. The molecule has 2 aromatic heterocycles. The van der Waals surface area contributed by atoms with Gasteiger partial charge in [0.05, 0.1) is 11.4 Å². The summed E-state index contributed by atoms with van der Waals surface area (Å²) in [5, 5.41) is 4.04. The van der Waals surface area contributed by atoms with E-state index in [4.69, 9.17) is 16.3 Å². The first kappa shape index (κ1) is 17.5. The molecule has 144 valence electrons. The standard InChI is InChI=1S/C20H20ClN5O2/c21-14-4-2-13(3-5-14)18-17(25-9-1-8-23-19(25)24-18)12-28-20(27)26-15-6-7-16(26)11-22-10-15/h1-5,8-9,15-16,22H,6-7,10-12H2. The lowest BCUT2D eigenvalue weighted by atomic mass is 10.1. The van der Waals surface area contributed by atoms with Crippen molar-refractivity contribution in [1.29, 1.82) is 0 Å². The van der Waals surface area contributed by atoms with Crippen LogP contribution in [0.2, 0.25) is 5.02 Å². The van der Waals surface area contributed by atoms with Gasteiger partial charge in [-0.25, -0.2) is 14.8 Å². The summed E-state index contributed by atoms with van der Waals surface area (Å²) in [5.74, 6) is 0.570. The number of ether oxygens (including phenoxy) is 1. The summed E-state index contributed by atoms with van der Waals surface area (Å²) >= 11 is 6.02. The van der Waals surface area contributed by atoms with E-state index in [1.54, 1.807) is 6.20 Å². The van der Waals surface area contributed by atoms with Crippen molar-refractivity contribution in [2.75, 3.05) is 13.1 Å². The van der Waals surface area contributed by atoms with Crippen LogP contribution in [0.3, 0.4) is 0 Å². The molecule has 1 aromatic carbocycles. The molecule has 1 amide bonds. The molecule has 5 rings (SSSR count). The van der Waals surface area contributed by atoms with E-state index >= 15 is 0 Å². The Morgan fingerprint density at radius 1 is 1.21 bits per heavy atom. The number of carbonyl (C=O) groups excluding carboxylic acids is 1. The average Bonchev–Trinajstić information content (AvgIpc) is 3.21. The number of halogens is 1. The monoisotopic (exact) mass is 397 g/mol. The Balaban J connectivity index is 1.44. The zero-order valence-corrected chi connectivity index (χ0v) is 16.0. The predicted octanol–water partition coefficient (Wildman–Crippen LogP) is 3.12. The summed E-state index contributed by atoms with van der Waals surface area (Å²) in [4.78, 5) is 23.7. The van der Waals surface area contributed by atoms with Crippen molar-refractivity contribution in [1.82, 2.24) is 24.6 Å². The van der Waals surface area contributed by atoms with Crippen molar-refractivity contribution >= 4 is 23.5 Å². The highest BCUT2D eigenvalue weighted by Crippen LogP contribution is 2.29. The van der Waals surface area contributed by atoms with Crippen molar-refractivity contribution in [3.05, 3.63) is 53.4 Å². The molecule has 2 saturated heterocycles. The second kappa shape index (κ2) is 7.07. The van der Waals surface area contributed by atoms with Gasteiger partial charge in [0.1, 0.15) is 6.61 Å². The first-order valence-corrected chi connectivity index (χ1v) is 9.82. The van der Waals surface area contributed by atoms with E-state index in [0.717, 1.165) is 42.9 Å². The third kappa shape index (κ3) is 3.00. The van der Waals surface area contributed by atoms with Gasteiger partial charge < -0.3 is 10.1 Å². The smallest absolute Gasteiger partial charge is 0.410 e. The van der Waals surface area contributed by atoms with Crippen LogP contribution in [0.25, 0.3) is 17.0 Å². The second-order valence-electron chi connectivity index (χ2n) is 7.21. The van der Waals surface area contributed by atoms with Crippen molar-refractivity contribution in [3.63, 3.8) is 0 Å². The fraction of sp³-hybridized carbons (Fsp3) is 0.350. The van der Waals surface area contributed by atoms with E-state index in [0.29, 0.717) is 10.8 Å². The van der Waals surface area contributed by atoms with Crippen molar-refractivity contribution < 1.29 is 9.53 Å². The Morgan fingerprint density at radius 2 is 1.96 bits per heavy atom. The number of aromatic nitrogens is 3. The molecule has 3 aromatic rings. The predicted molar refractivity (Wildman–Crippen MR) is 105 cm³/mol. The van der Waals surface area contributed by atoms with Crippen LogP contribution in [0.15, 0.2) is 42.7 Å². The zero-order chi connectivity index (χ0) is 19.1. The Bertz CT molecular complexity index is 1000. The number of fused-ring (bicyclic) bond motifs is 3. The van der Waals surface area contributed by atoms with E-state index in [9.17, 15) is 4.79 Å². The minimum absolute atomic E-state index is 0.132. The fourth-order valence-corrected chi connectivity index (χ4v) is 4.32. The lowest BCUT2D eigenvalue weighted by Crippen LogP contribution is -2.54. The van der Waals surface area contributed by atoms with Gasteiger partial charge in [-0.15, -0.1) is 0 Å². The van der Waals surface area contributed by atoms with E-state index in [1.807, 2.05) is 45.8 Å². The van der Waals surface area contributed by atoms with Crippen LogP contribution < -0.4 is 5.32 Å². The summed E-state index contributed by atoms with van der Waals surface area (Å²) in [7, 11) is 0. The molecule has 0 saturated carbocycles. The summed E-state index contributed by atoms with van der Waals surface area (Å²) in [6, 6.07) is 9.75. The van der Waals surface area contributed by atoms with Gasteiger partial charge in [0.25, 0.3) is 0 Å². The molecule has 2 aliphatic rings. The van der Waals surface area contributed by atoms with E-state index < -0.39 is 0 Å². The molecule has 2 aliphatic heterocycles. The maximum absolute atomic E-state index is 12.8. The van der Waals surface area contributed by atoms with Crippen LogP contribution >= 0.6 is 11.6 Å². The number of rotatable bonds is 3. The minimum atomic E-state index is -0.255. The highest BCUT2D eigenvalue weighted by molar-refractivity contribution is 6.30. The molecule has 0 radical (unpaired) electrons. The summed E-state index contributed by atoms with van der Waals surface area (Å²) in [6.45, 7) is 1.80. The van der Waals surface area contributed by atoms with Crippen LogP contribution in [-0.2, 0) is 11.3 Å². The largest absolute Gasteiger partial charge is 0.443 e. The zero-order valence-electron chi connectivity index (χ0n) is 15.2. The van der Waals surface area contributed by atoms with Crippen molar-refractivity contribution in [3.8, 4) is 11.3 Å². The summed E-state index contributed by atoms with van der Waals surface area (Å²) < 4.78 is 7.61. The topological polar surface area (TPSA) is 71.8 Å². The average molecular weight is 398 g/mol. The number of benzene rings is 1. The number of hydrogen-bond acceptors (Lipinski definition) is 5. The molecule has 2 atom stereocenters. The SMILES string of the molecule is O=C(OCc1c(-c2ccc(Cl)cc2)nc2ncccn12)N1C2CCC1CNC2. The summed E-state index contributed by atoms with van der Waals surface area (Å²) in [6.07, 6.45) is 5.38. The van der Waals surface area contributed by atoms with Gasteiger partial charge in [0.15, 0.2) is 0 Å². The maximum atomic E-state index is 12.8. The molecule has 0 aliphatic carbocycles. The molecule has 2 bridgehead atoms. The molecule has 8 heteroatoms. The first-order valence-electron chi connectivity index (χ1n) is 9.44. The normalized spacial score (nSPS) is 21.2. The van der Waals surface area contributed by atoms with Crippen LogP contribution in [0.4, 0.5) is 4.79 Å². The molecule has 2 fully saturated rings. The second-order valence-corrected chi connectivity index (χ2v) is 7.65. The third-order valence-electron chi connectivity index (χ3n) is 5.54. The number of nitrogens with zero attached hydrogens (tertiary/aromatic N) is 4. The van der Waals surface area contributed by atoms with Crippen LogP contribution in [0.1, 0.15) is 18.5 Å². The number of piperazine rings is 1. The van der Waals surface area contributed by atoms with Gasteiger partial charge in [-0.3, -0.25) is 9.30 Å². The van der Waals surface area contributed by atoms with Crippen LogP contribution in [-0.4, -0.2) is 50.5 Å². The van der Waals surface area contributed by atoms with Crippen LogP contribution in [0, 0.1) is 0 Å². The van der Waals surface area contributed by atoms with E-state index in [1.165, 1.54) is 0 Å². The first-order chi connectivity index (χ1) is 13.7. The molecule has 1 N–H and O–H groups in total. The highest BCUT2D eigenvalue weighted by Gasteiger charge is 2.40. The van der Waals surface area contributed by atoms with E-state index in [-0.39, 0.29) is 24.8 Å². The Morgan fingerprint density at radius 3 is 2.71 bits per heavy atom. The van der Waals surface area contributed by atoms with Crippen molar-refractivity contribution in [2.45, 2.75) is 31.5 Å². The number of carbonyl (C=O) groups is 1. The molecule has 7 nitrogen and oxygen atoms in total. The van der Waals surface area contributed by atoms with Crippen molar-refractivity contribution in [2.24, 2.45) is 0 Å². The van der Waals surface area contributed by atoms with Gasteiger partial charge in [0, 0.05) is 48.2 Å². The van der Waals surface area contributed by atoms with Gasteiger partial charge in [-0.05, 0) is 31.0 Å². The highest BCUT2D eigenvalue weighted by atomic mass is 35.5. The molecule has 0 spiro atoms. The fourth-order valence-electron chi connectivity index (χ4n) is 4.19. The Labute approximate surface area is 167 Å². The van der Waals surface area contributed by atoms with Gasteiger partial charge in [0.2, 0.25) is 5.78 Å². The molecular formula is C20H20ClN5O2. The lowest BCUT2D eigenvalue weighted by Gasteiger charge is -2.34. The number of imidazole rings is 1. The third-order valence-corrected chi connectivity index (χ3v) is 5.80. The number of amides is 1. The lowest BCUT2D eigenvalue weighted by molar-refractivity contribution is 0.0684. The van der Waals surface area contributed by atoms with Gasteiger partial charge >= 0.3 is 6.09 Å². The maximum Gasteiger partial charge on any atom is 0.410 e. The number of nitrogens with one attached hydrogen (secondary N) is 1. The van der Waals surface area contributed by atoms with Gasteiger partial charge in [-0.2, -0.15) is 0 Å². The van der Waals surface area contributed by atoms with E-state index in [2.05, 4.69) is 15.3 Å². The summed E-state index contributed by atoms with van der Waals surface area (Å²) in [5.41, 5.74) is 2.44. The Kier molecular flexibility index (Phi) is 4.41. The Hall–Kier alpha value is -2.64. The molecule has 2 unspecified atom stereocenters.